The average Bonchev–Trinajstić information content (AvgIpc) is 3.42. The largest absolute Gasteiger partial charge is 0.495 e. The fourth-order valence-corrected chi connectivity index (χ4v) is 3.44. The number of rotatable bonds is 4. The Hall–Kier alpha value is -3.12. The molecule has 0 fully saturated rings. The monoisotopic (exact) mass is 444 g/mol. The van der Waals surface area contributed by atoms with Gasteiger partial charge in [-0.25, -0.2) is 14.4 Å². The second-order valence-corrected chi connectivity index (χ2v) is 6.69. The number of aliphatic hydroxyl groups excluding tert-OH is 1. The number of ether oxygens (including phenoxy) is 1. The topological polar surface area (TPSA) is 93.8 Å². The van der Waals surface area contributed by atoms with Crippen LogP contribution in [0.5, 0.6) is 5.75 Å². The molecule has 30 heavy (non-hydrogen) atoms. The van der Waals surface area contributed by atoms with Crippen LogP contribution in [-0.2, 0) is 7.05 Å². The molecule has 158 valence electrons. The van der Waals surface area contributed by atoms with Crippen molar-refractivity contribution in [3.8, 4) is 23.0 Å². The first-order chi connectivity index (χ1) is 14.1. The van der Waals surface area contributed by atoms with Gasteiger partial charge in [-0.05, 0) is 6.07 Å². The number of hydrogen-bond acceptors (Lipinski definition) is 5. The van der Waals surface area contributed by atoms with E-state index in [9.17, 15) is 18.3 Å². The van der Waals surface area contributed by atoms with Crippen molar-refractivity contribution >= 4 is 22.5 Å². The number of alkyl halides is 3. The lowest BCUT2D eigenvalue weighted by atomic mass is 10.2. The zero-order valence-corrected chi connectivity index (χ0v) is 16.1. The number of methoxy groups -OCH3 is 1. The van der Waals surface area contributed by atoms with E-state index < -0.39 is 23.9 Å². The van der Waals surface area contributed by atoms with Gasteiger partial charge >= 0.3 is 6.18 Å². The van der Waals surface area contributed by atoms with E-state index in [4.69, 9.17) is 16.3 Å². The summed E-state index contributed by atoms with van der Waals surface area (Å²) < 4.78 is 61.6. The van der Waals surface area contributed by atoms with Crippen molar-refractivity contribution in [2.24, 2.45) is 7.05 Å². The van der Waals surface area contributed by atoms with E-state index in [2.05, 4.69) is 20.2 Å². The first kappa shape index (κ1) is 20.2. The molecule has 0 aliphatic rings. The minimum absolute atomic E-state index is 0.0637. The van der Waals surface area contributed by atoms with Crippen molar-refractivity contribution in [3.05, 3.63) is 41.5 Å². The number of fused-ring (bicyclic) bond motifs is 1. The molecule has 0 bridgehead atoms. The average molecular weight is 445 g/mol. The third-order valence-corrected chi connectivity index (χ3v) is 4.91. The lowest BCUT2D eigenvalue weighted by Crippen LogP contribution is -2.21. The zero-order chi connectivity index (χ0) is 21.8. The smallest absolute Gasteiger partial charge is 0.421 e. The normalized spacial score (nSPS) is 13.2. The standard InChI is InChI=1S/C17H13ClF4N6O2/c1-27-11-7(5-8(30-2)9(18)10(11)19)12(28-4-3-23-6-28)13(27)15-24-16(26-25-15)14(29)17(20,21)22/h3-6,14,29H,1-2H3,(H,24,25,26)/t14-/m0/s1. The second kappa shape index (κ2) is 6.99. The van der Waals surface area contributed by atoms with Gasteiger partial charge in [-0.15, -0.1) is 0 Å². The Morgan fingerprint density at radius 3 is 2.67 bits per heavy atom. The first-order valence-electron chi connectivity index (χ1n) is 8.35. The Balaban J connectivity index is 2.03. The van der Waals surface area contributed by atoms with Crippen molar-refractivity contribution in [2.75, 3.05) is 7.11 Å². The van der Waals surface area contributed by atoms with E-state index in [-0.39, 0.29) is 27.8 Å². The lowest BCUT2D eigenvalue weighted by molar-refractivity contribution is -0.209. The predicted molar refractivity (Wildman–Crippen MR) is 98.0 cm³/mol. The summed E-state index contributed by atoms with van der Waals surface area (Å²) in [5, 5.41) is 15.4. The van der Waals surface area contributed by atoms with E-state index in [1.807, 2.05) is 0 Å². The van der Waals surface area contributed by atoms with Crippen LogP contribution >= 0.6 is 11.6 Å². The Labute approximate surface area is 170 Å². The number of aliphatic hydroxyl groups is 1. The Morgan fingerprint density at radius 2 is 2.07 bits per heavy atom. The molecule has 1 aromatic carbocycles. The summed E-state index contributed by atoms with van der Waals surface area (Å²) in [5.74, 6) is -1.69. The molecule has 0 amide bonds. The van der Waals surface area contributed by atoms with E-state index in [0.29, 0.717) is 11.1 Å². The van der Waals surface area contributed by atoms with Crippen LogP contribution in [0.1, 0.15) is 11.9 Å². The van der Waals surface area contributed by atoms with Gasteiger partial charge in [0.15, 0.2) is 17.5 Å². The van der Waals surface area contributed by atoms with Crippen LogP contribution in [0.2, 0.25) is 5.02 Å². The zero-order valence-electron chi connectivity index (χ0n) is 15.4. The summed E-state index contributed by atoms with van der Waals surface area (Å²) in [6.45, 7) is 0. The van der Waals surface area contributed by atoms with E-state index in [0.717, 1.165) is 0 Å². The van der Waals surface area contributed by atoms with Gasteiger partial charge in [0.05, 0.1) is 24.6 Å². The summed E-state index contributed by atoms with van der Waals surface area (Å²) in [6.07, 6.45) is -3.34. The van der Waals surface area contributed by atoms with Gasteiger partial charge in [0.2, 0.25) is 6.10 Å². The maximum atomic E-state index is 15.1. The van der Waals surface area contributed by atoms with Gasteiger partial charge < -0.3 is 19.0 Å². The van der Waals surface area contributed by atoms with E-state index in [1.54, 1.807) is 6.20 Å². The fraction of sp³-hybridized carbons (Fsp3) is 0.235. The first-order valence-corrected chi connectivity index (χ1v) is 8.73. The van der Waals surface area contributed by atoms with Crippen molar-refractivity contribution in [3.63, 3.8) is 0 Å². The number of nitrogens with zero attached hydrogens (tertiary/aromatic N) is 5. The number of halogens is 5. The maximum absolute atomic E-state index is 15.1. The third kappa shape index (κ3) is 2.99. The molecule has 0 aliphatic carbocycles. The fourth-order valence-electron chi connectivity index (χ4n) is 3.22. The molecule has 0 radical (unpaired) electrons. The van der Waals surface area contributed by atoms with Gasteiger partial charge in [0, 0.05) is 24.8 Å². The molecule has 2 N–H and O–H groups in total. The number of imidazole rings is 1. The van der Waals surface area contributed by atoms with Crippen LogP contribution in [0.4, 0.5) is 17.6 Å². The van der Waals surface area contributed by atoms with Crippen LogP contribution in [0.3, 0.4) is 0 Å². The van der Waals surface area contributed by atoms with Gasteiger partial charge in [-0.3, -0.25) is 5.10 Å². The van der Waals surface area contributed by atoms with Gasteiger partial charge in [0.1, 0.15) is 16.5 Å². The Morgan fingerprint density at radius 1 is 1.33 bits per heavy atom. The third-order valence-electron chi connectivity index (χ3n) is 4.56. The molecule has 13 heteroatoms. The SMILES string of the molecule is COc1cc2c(-n3ccnc3)c(-c3nc([C@H](O)C(F)(F)F)n[nH]3)n(C)c2c(F)c1Cl. The van der Waals surface area contributed by atoms with Crippen LogP contribution in [0, 0.1) is 5.82 Å². The van der Waals surface area contributed by atoms with Crippen molar-refractivity contribution in [1.82, 2.24) is 29.3 Å². The van der Waals surface area contributed by atoms with Crippen molar-refractivity contribution in [2.45, 2.75) is 12.3 Å². The Bertz CT molecular complexity index is 1230. The summed E-state index contributed by atoms with van der Waals surface area (Å²) in [4.78, 5) is 7.76. The highest BCUT2D eigenvalue weighted by Crippen LogP contribution is 2.42. The number of benzene rings is 1. The molecular weight excluding hydrogens is 432 g/mol. The van der Waals surface area contributed by atoms with Gasteiger partial charge in [-0.2, -0.15) is 18.3 Å². The molecule has 0 aliphatic heterocycles. The highest BCUT2D eigenvalue weighted by atomic mass is 35.5. The highest BCUT2D eigenvalue weighted by molar-refractivity contribution is 6.33. The second-order valence-electron chi connectivity index (χ2n) is 6.32. The molecule has 0 saturated heterocycles. The number of aromatic nitrogens is 6. The predicted octanol–water partition coefficient (Wildman–Crippen LogP) is 3.55. The molecule has 0 spiro atoms. The number of hydrogen-bond donors (Lipinski definition) is 2. The minimum Gasteiger partial charge on any atom is -0.495 e. The van der Waals surface area contributed by atoms with Crippen LogP contribution < -0.4 is 4.74 Å². The van der Waals surface area contributed by atoms with Crippen molar-refractivity contribution in [1.29, 1.82) is 0 Å². The maximum Gasteiger partial charge on any atom is 0.421 e. The molecular formula is C17H13ClF4N6O2. The van der Waals surface area contributed by atoms with Gasteiger partial charge in [-0.1, -0.05) is 11.6 Å². The molecule has 1 atom stereocenters. The van der Waals surface area contributed by atoms with Crippen LogP contribution in [0.15, 0.2) is 24.8 Å². The minimum atomic E-state index is -4.95. The summed E-state index contributed by atoms with van der Waals surface area (Å²) in [5.41, 5.74) is 0.608. The number of H-pyrrole nitrogens is 1. The van der Waals surface area contributed by atoms with Crippen LogP contribution in [0.25, 0.3) is 28.1 Å². The van der Waals surface area contributed by atoms with Crippen molar-refractivity contribution < 1.29 is 27.4 Å². The number of nitrogens with one attached hydrogen (secondary N) is 1. The molecule has 4 aromatic rings. The number of aryl methyl sites for hydroxylation is 1. The van der Waals surface area contributed by atoms with Crippen LogP contribution in [-0.4, -0.2) is 47.7 Å². The molecule has 4 rings (SSSR count). The van der Waals surface area contributed by atoms with E-state index >= 15 is 4.39 Å². The molecule has 3 aromatic heterocycles. The number of aromatic amines is 1. The molecule has 0 unspecified atom stereocenters. The summed E-state index contributed by atoms with van der Waals surface area (Å²) in [7, 11) is 2.82. The molecule has 8 nitrogen and oxygen atoms in total. The lowest BCUT2D eigenvalue weighted by Gasteiger charge is -2.10. The summed E-state index contributed by atoms with van der Waals surface area (Å²) in [6, 6.07) is 1.50. The van der Waals surface area contributed by atoms with Gasteiger partial charge in [0.25, 0.3) is 0 Å². The quantitative estimate of drug-likeness (QED) is 0.470. The van der Waals surface area contributed by atoms with E-state index in [1.165, 1.54) is 41.9 Å². The highest BCUT2D eigenvalue weighted by Gasteiger charge is 2.42. The summed E-state index contributed by atoms with van der Waals surface area (Å²) >= 11 is 6.05. The Kier molecular flexibility index (Phi) is 4.70. The molecule has 3 heterocycles. The molecule has 0 saturated carbocycles.